The number of benzene rings is 2. The number of carbonyl (C=O) groups excluding carboxylic acids is 1. The van der Waals surface area contributed by atoms with E-state index < -0.39 is 0 Å². The van der Waals surface area contributed by atoms with Gasteiger partial charge in [-0.25, -0.2) is 4.98 Å². The van der Waals surface area contributed by atoms with Gasteiger partial charge < -0.3 is 19.4 Å². The zero-order valence-corrected chi connectivity index (χ0v) is 24.8. The van der Waals surface area contributed by atoms with Gasteiger partial charge in [-0.3, -0.25) is 14.2 Å². The second kappa shape index (κ2) is 11.3. The number of fused-ring (bicyclic) bond motifs is 2. The van der Waals surface area contributed by atoms with Gasteiger partial charge in [0.25, 0.3) is 5.56 Å². The molecule has 10 nitrogen and oxygen atoms in total. The number of hydrogen-bond acceptors (Lipinski definition) is 8. The smallest absolute Gasteiger partial charge is 0.319 e. The standard InChI is InChI=1S/C31H34ClN7O3/c1-5-25(40)37-15-16-38(19(2)17-37)29-27-28(34-31(35-29)42-18-22-11-8-14-36(22)4)30(41)39(20(3)33-27)24-13-7-10-21-9-6-12-23(32)26(21)24/h5-7,9-10,12-13,19,22H,1,8,11,14-18H2,2-4H3. The minimum absolute atomic E-state index is 0.0871. The lowest BCUT2D eigenvalue weighted by Gasteiger charge is -2.40. The molecule has 2 aromatic heterocycles. The zero-order valence-electron chi connectivity index (χ0n) is 24.1. The first-order valence-electron chi connectivity index (χ1n) is 14.3. The van der Waals surface area contributed by atoms with Crippen LogP contribution in [0.25, 0.3) is 27.5 Å². The Balaban J connectivity index is 1.50. The largest absolute Gasteiger partial charge is 0.462 e. The van der Waals surface area contributed by atoms with Gasteiger partial charge in [0, 0.05) is 37.1 Å². The average molecular weight is 588 g/mol. The van der Waals surface area contributed by atoms with Crippen LogP contribution in [0.1, 0.15) is 25.6 Å². The number of halogens is 1. The molecular formula is C31H34ClN7O3. The fraction of sp³-hybridized carbons (Fsp3) is 0.387. The van der Waals surface area contributed by atoms with Gasteiger partial charge in [-0.05, 0) is 63.9 Å². The Bertz CT molecular complexity index is 1750. The number of rotatable bonds is 6. The van der Waals surface area contributed by atoms with Crippen LogP contribution in [-0.4, -0.2) is 87.1 Å². The SMILES string of the molecule is C=CC(=O)N1CCN(c2nc(OCC3CCCN3C)nc3c(=O)n(-c4cccc5cccc(Cl)c45)c(C)nc23)C(C)C1. The number of likely N-dealkylation sites (N-methyl/N-ethyl adjacent to an activating group) is 1. The van der Waals surface area contributed by atoms with E-state index in [1.165, 1.54) is 6.08 Å². The summed E-state index contributed by atoms with van der Waals surface area (Å²) in [5, 5.41) is 2.23. The molecule has 6 rings (SSSR count). The van der Waals surface area contributed by atoms with Gasteiger partial charge in [-0.2, -0.15) is 9.97 Å². The van der Waals surface area contributed by atoms with Crippen LogP contribution in [0.2, 0.25) is 5.02 Å². The van der Waals surface area contributed by atoms with Crippen molar-refractivity contribution in [3.05, 3.63) is 70.3 Å². The maximum absolute atomic E-state index is 14.3. The van der Waals surface area contributed by atoms with Crippen molar-refractivity contribution in [3.8, 4) is 11.7 Å². The number of hydrogen-bond donors (Lipinski definition) is 0. The van der Waals surface area contributed by atoms with E-state index in [4.69, 9.17) is 26.3 Å². The van der Waals surface area contributed by atoms with Crippen molar-refractivity contribution in [2.24, 2.45) is 0 Å². The van der Waals surface area contributed by atoms with E-state index in [0.29, 0.717) is 54.1 Å². The van der Waals surface area contributed by atoms with Crippen molar-refractivity contribution in [2.75, 3.05) is 44.7 Å². The van der Waals surface area contributed by atoms with Crippen LogP contribution in [0.5, 0.6) is 6.01 Å². The van der Waals surface area contributed by atoms with Crippen LogP contribution >= 0.6 is 11.6 Å². The molecule has 218 valence electrons. The number of ether oxygens (including phenoxy) is 1. The topological polar surface area (TPSA) is 96.7 Å². The minimum Gasteiger partial charge on any atom is -0.462 e. The summed E-state index contributed by atoms with van der Waals surface area (Å²) in [6, 6.07) is 11.7. The van der Waals surface area contributed by atoms with E-state index in [-0.39, 0.29) is 35.1 Å². The van der Waals surface area contributed by atoms with Gasteiger partial charge in [0.15, 0.2) is 11.3 Å². The van der Waals surface area contributed by atoms with Gasteiger partial charge in [-0.15, -0.1) is 0 Å². The normalized spacial score (nSPS) is 19.5. The maximum atomic E-state index is 14.3. The highest BCUT2D eigenvalue weighted by atomic mass is 35.5. The Morgan fingerprint density at radius 2 is 1.90 bits per heavy atom. The van der Waals surface area contributed by atoms with Crippen molar-refractivity contribution in [1.82, 2.24) is 29.3 Å². The van der Waals surface area contributed by atoms with Crippen molar-refractivity contribution in [2.45, 2.75) is 38.8 Å². The first kappa shape index (κ1) is 28.1. The van der Waals surface area contributed by atoms with E-state index in [2.05, 4.69) is 28.4 Å². The van der Waals surface area contributed by atoms with Gasteiger partial charge in [0.05, 0.1) is 10.7 Å². The Morgan fingerprint density at radius 1 is 1.12 bits per heavy atom. The quantitative estimate of drug-likeness (QED) is 0.313. The van der Waals surface area contributed by atoms with Crippen LogP contribution < -0.4 is 15.2 Å². The molecule has 0 N–H and O–H groups in total. The predicted octanol–water partition coefficient (Wildman–Crippen LogP) is 3.99. The molecule has 0 spiro atoms. The van der Waals surface area contributed by atoms with Crippen LogP contribution in [0.3, 0.4) is 0 Å². The number of amides is 1. The van der Waals surface area contributed by atoms with Gasteiger partial charge in [0.2, 0.25) is 5.91 Å². The van der Waals surface area contributed by atoms with Crippen LogP contribution in [-0.2, 0) is 4.79 Å². The molecule has 11 heteroatoms. The van der Waals surface area contributed by atoms with E-state index >= 15 is 0 Å². The summed E-state index contributed by atoms with van der Waals surface area (Å²) in [7, 11) is 2.08. The molecular weight excluding hydrogens is 554 g/mol. The third kappa shape index (κ3) is 4.98. The van der Waals surface area contributed by atoms with Crippen LogP contribution in [0, 0.1) is 6.92 Å². The molecule has 0 bridgehead atoms. The third-order valence-electron chi connectivity index (χ3n) is 8.38. The molecule has 2 atom stereocenters. The summed E-state index contributed by atoms with van der Waals surface area (Å²) in [5.41, 5.74) is 0.877. The number of piperazine rings is 1. The molecule has 2 saturated heterocycles. The lowest BCUT2D eigenvalue weighted by Crippen LogP contribution is -2.53. The van der Waals surface area contributed by atoms with Crippen LogP contribution in [0.15, 0.2) is 53.8 Å². The molecule has 1 amide bonds. The van der Waals surface area contributed by atoms with Crippen molar-refractivity contribution in [1.29, 1.82) is 0 Å². The number of aryl methyl sites for hydroxylation is 1. The van der Waals surface area contributed by atoms with Gasteiger partial charge >= 0.3 is 6.01 Å². The second-order valence-electron chi connectivity index (χ2n) is 11.1. The molecule has 4 heterocycles. The molecule has 0 radical (unpaired) electrons. The monoisotopic (exact) mass is 587 g/mol. The molecule has 2 fully saturated rings. The fourth-order valence-electron chi connectivity index (χ4n) is 6.11. The Labute approximate surface area is 249 Å². The third-order valence-corrected chi connectivity index (χ3v) is 8.70. The molecule has 2 unspecified atom stereocenters. The molecule has 0 saturated carbocycles. The summed E-state index contributed by atoms with van der Waals surface area (Å²) < 4.78 is 7.73. The molecule has 2 aliphatic rings. The predicted molar refractivity (Wildman–Crippen MR) is 165 cm³/mol. The first-order valence-corrected chi connectivity index (χ1v) is 14.6. The molecule has 0 aliphatic carbocycles. The van der Waals surface area contributed by atoms with Crippen LogP contribution in [0.4, 0.5) is 5.82 Å². The highest BCUT2D eigenvalue weighted by molar-refractivity contribution is 6.36. The number of nitrogens with zero attached hydrogens (tertiary/aromatic N) is 7. The van der Waals surface area contributed by atoms with Crippen molar-refractivity contribution in [3.63, 3.8) is 0 Å². The summed E-state index contributed by atoms with van der Waals surface area (Å²) >= 11 is 6.64. The van der Waals surface area contributed by atoms with E-state index in [1.807, 2.05) is 43.3 Å². The zero-order chi connectivity index (χ0) is 29.5. The summed E-state index contributed by atoms with van der Waals surface area (Å²) in [6.07, 6.45) is 3.48. The Kier molecular flexibility index (Phi) is 7.59. The maximum Gasteiger partial charge on any atom is 0.319 e. The number of aromatic nitrogens is 4. The molecule has 4 aromatic rings. The first-order chi connectivity index (χ1) is 20.3. The number of likely N-dealkylation sites (tertiary alicyclic amines) is 1. The van der Waals surface area contributed by atoms with Crippen molar-refractivity contribution >= 4 is 45.1 Å². The summed E-state index contributed by atoms with van der Waals surface area (Å²) in [5.74, 6) is 0.903. The van der Waals surface area contributed by atoms with Crippen molar-refractivity contribution < 1.29 is 9.53 Å². The highest BCUT2D eigenvalue weighted by Gasteiger charge is 2.31. The Morgan fingerprint density at radius 3 is 2.62 bits per heavy atom. The number of anilines is 1. The summed E-state index contributed by atoms with van der Waals surface area (Å²) in [4.78, 5) is 47.1. The average Bonchev–Trinajstić information content (AvgIpc) is 3.40. The summed E-state index contributed by atoms with van der Waals surface area (Å²) in [6.45, 7) is 10.4. The number of carbonyl (C=O) groups is 1. The molecule has 2 aliphatic heterocycles. The lowest BCUT2D eigenvalue weighted by atomic mass is 10.1. The van der Waals surface area contributed by atoms with Gasteiger partial charge in [0.1, 0.15) is 17.9 Å². The lowest BCUT2D eigenvalue weighted by molar-refractivity contribution is -0.126. The highest BCUT2D eigenvalue weighted by Crippen LogP contribution is 2.31. The van der Waals surface area contributed by atoms with E-state index in [1.54, 1.807) is 16.4 Å². The fourth-order valence-corrected chi connectivity index (χ4v) is 6.39. The Hall–Kier alpha value is -4.02. The molecule has 2 aromatic carbocycles. The van der Waals surface area contributed by atoms with Gasteiger partial charge in [-0.1, -0.05) is 42.4 Å². The molecule has 42 heavy (non-hydrogen) atoms. The second-order valence-corrected chi connectivity index (χ2v) is 11.5. The van der Waals surface area contributed by atoms with E-state index in [9.17, 15) is 9.59 Å². The van der Waals surface area contributed by atoms with E-state index in [0.717, 1.165) is 30.2 Å². The minimum atomic E-state index is -0.329.